The second kappa shape index (κ2) is 13.7. The Bertz CT molecular complexity index is 1750. The van der Waals surface area contributed by atoms with E-state index in [1.165, 1.54) is 43.1 Å². The number of piperazine rings is 1. The zero-order valence-electron chi connectivity index (χ0n) is 24.6. The number of hydrogen-bond donors (Lipinski definition) is 2. The van der Waals surface area contributed by atoms with E-state index in [-0.39, 0.29) is 28.8 Å². The van der Waals surface area contributed by atoms with Gasteiger partial charge in [0.1, 0.15) is 6.33 Å². The molecule has 0 bridgehead atoms. The summed E-state index contributed by atoms with van der Waals surface area (Å²) in [6.07, 6.45) is -4.61. The van der Waals surface area contributed by atoms with Gasteiger partial charge in [-0.05, 0) is 48.4 Å². The molecule has 0 atom stereocenters. The zero-order chi connectivity index (χ0) is 33.8. The molecule has 0 unspecified atom stereocenters. The number of halogens is 6. The maximum atomic E-state index is 14.2. The molecule has 0 saturated carbocycles. The number of benzene rings is 2. The van der Waals surface area contributed by atoms with E-state index in [0.717, 1.165) is 12.1 Å². The molecular weight excluding hydrogens is 634 g/mol. The molecular formula is C30H26F6N8O3. The summed E-state index contributed by atoms with van der Waals surface area (Å²) < 4.78 is 82.3. The molecule has 17 heteroatoms. The van der Waals surface area contributed by atoms with Crippen LogP contribution >= 0.6 is 0 Å². The number of alkyl halides is 6. The van der Waals surface area contributed by atoms with Crippen molar-refractivity contribution in [3.8, 4) is 11.3 Å². The van der Waals surface area contributed by atoms with Crippen LogP contribution in [0, 0.1) is 6.92 Å². The number of nitrogens with zero attached hydrogens (tertiary/aromatic N) is 6. The molecule has 1 aliphatic rings. The third kappa shape index (κ3) is 8.17. The first-order chi connectivity index (χ1) is 22.3. The van der Waals surface area contributed by atoms with Crippen LogP contribution in [0.2, 0.25) is 0 Å². The minimum Gasteiger partial charge on any atom is -0.324 e. The van der Waals surface area contributed by atoms with Crippen molar-refractivity contribution in [2.24, 2.45) is 0 Å². The van der Waals surface area contributed by atoms with Crippen molar-refractivity contribution in [3.05, 3.63) is 89.6 Å². The molecule has 47 heavy (non-hydrogen) atoms. The molecule has 0 spiro atoms. The average Bonchev–Trinajstić information content (AvgIpc) is 3.04. The fraction of sp³-hybridized carbons (Fsp3) is 0.267. The van der Waals surface area contributed by atoms with Crippen LogP contribution in [0.3, 0.4) is 0 Å². The van der Waals surface area contributed by atoms with Gasteiger partial charge in [-0.25, -0.2) is 24.7 Å². The van der Waals surface area contributed by atoms with E-state index in [0.29, 0.717) is 49.1 Å². The highest BCUT2D eigenvalue weighted by atomic mass is 19.4. The number of amides is 1. The number of carbonyl (C=O) groups is 2. The van der Waals surface area contributed by atoms with Crippen LogP contribution in [0.5, 0.6) is 0 Å². The quantitative estimate of drug-likeness (QED) is 0.205. The zero-order valence-corrected chi connectivity index (χ0v) is 24.6. The highest BCUT2D eigenvalue weighted by molar-refractivity contribution is 6.06. The number of rotatable bonds is 7. The highest BCUT2D eigenvalue weighted by Gasteiger charge is 2.44. The lowest BCUT2D eigenvalue weighted by atomic mass is 10.0. The van der Waals surface area contributed by atoms with Gasteiger partial charge >= 0.3 is 18.3 Å². The smallest absolute Gasteiger partial charge is 0.324 e. The molecule has 1 saturated heterocycles. The van der Waals surface area contributed by atoms with Gasteiger partial charge in [0, 0.05) is 68.1 Å². The summed E-state index contributed by atoms with van der Waals surface area (Å²) in [6.45, 7) is 3.74. The average molecular weight is 661 g/mol. The summed E-state index contributed by atoms with van der Waals surface area (Å²) in [5, 5.41) is 6.00. The molecule has 1 amide bonds. The third-order valence-electron chi connectivity index (χ3n) is 7.07. The molecule has 2 aromatic heterocycles. The third-order valence-corrected chi connectivity index (χ3v) is 7.07. The van der Waals surface area contributed by atoms with E-state index in [1.807, 2.05) is 0 Å². The van der Waals surface area contributed by atoms with E-state index in [2.05, 4.69) is 35.4 Å². The molecule has 2 aromatic carbocycles. The minimum absolute atomic E-state index is 0.00446. The fourth-order valence-corrected chi connectivity index (χ4v) is 4.69. The summed E-state index contributed by atoms with van der Waals surface area (Å²) in [4.78, 5) is 48.1. The van der Waals surface area contributed by atoms with Gasteiger partial charge in [-0.2, -0.15) is 26.3 Å². The van der Waals surface area contributed by atoms with E-state index in [1.54, 1.807) is 17.9 Å². The number of hydroxylamine groups is 1. The molecule has 11 nitrogen and oxygen atoms in total. The Hall–Kier alpha value is -5.16. The molecule has 4 aromatic rings. The van der Waals surface area contributed by atoms with E-state index < -0.39 is 41.0 Å². The SMILES string of the molecule is Cc1ccc(N(OC(=O)C(F)(F)F)C(=O)c2ccc(CN3CCNCC3)c(C(F)(F)F)c2)cc1Nc1nccc(-c2cncnc2)n1. The van der Waals surface area contributed by atoms with Crippen molar-refractivity contribution in [3.63, 3.8) is 0 Å². The Balaban J connectivity index is 1.49. The topological polar surface area (TPSA) is 125 Å². The van der Waals surface area contributed by atoms with Gasteiger partial charge in [-0.1, -0.05) is 12.1 Å². The molecule has 246 valence electrons. The molecule has 1 fully saturated rings. The molecule has 2 N–H and O–H groups in total. The van der Waals surface area contributed by atoms with Crippen LogP contribution in [-0.2, 0) is 22.4 Å². The standard InChI is InChI=1S/C30H26F6N8O3/c1-18-2-5-22(13-25(18)42-28-40-7-6-24(41-28)21-14-38-17-39-15-21)44(47-27(46)30(34,35)36)26(45)19-3-4-20(23(12-19)29(31,32)33)16-43-10-8-37-9-11-43/h2-7,12-15,17,37H,8-11,16H2,1H3,(H,40,41,42). The summed E-state index contributed by atoms with van der Waals surface area (Å²) in [7, 11) is 0. The molecule has 0 aliphatic carbocycles. The molecule has 0 radical (unpaired) electrons. The number of aromatic nitrogens is 4. The van der Waals surface area contributed by atoms with Crippen molar-refractivity contribution >= 4 is 29.2 Å². The summed E-state index contributed by atoms with van der Waals surface area (Å²) >= 11 is 0. The highest BCUT2D eigenvalue weighted by Crippen LogP contribution is 2.35. The molecule has 3 heterocycles. The van der Waals surface area contributed by atoms with Crippen LogP contribution in [-0.4, -0.2) is 69.1 Å². The van der Waals surface area contributed by atoms with Crippen LogP contribution in [0.4, 0.5) is 43.7 Å². The number of aryl methyl sites for hydroxylation is 1. The van der Waals surface area contributed by atoms with Gasteiger partial charge in [0.25, 0.3) is 5.91 Å². The van der Waals surface area contributed by atoms with Crippen LogP contribution < -0.4 is 15.7 Å². The summed E-state index contributed by atoms with van der Waals surface area (Å²) in [5.41, 5.74) is -0.620. The van der Waals surface area contributed by atoms with Crippen molar-refractivity contribution < 1.29 is 40.8 Å². The van der Waals surface area contributed by atoms with Gasteiger partial charge < -0.3 is 15.5 Å². The second-order valence-electron chi connectivity index (χ2n) is 10.4. The maximum Gasteiger partial charge on any atom is 0.493 e. The Labute approximate surface area is 263 Å². The summed E-state index contributed by atoms with van der Waals surface area (Å²) in [6, 6.07) is 8.00. The predicted octanol–water partition coefficient (Wildman–Crippen LogP) is 5.08. The van der Waals surface area contributed by atoms with Gasteiger partial charge in [0.15, 0.2) is 0 Å². The summed E-state index contributed by atoms with van der Waals surface area (Å²) in [5.74, 6) is -4.15. The Kier molecular flexibility index (Phi) is 9.67. The van der Waals surface area contributed by atoms with Gasteiger partial charge in [0.2, 0.25) is 5.95 Å². The predicted molar refractivity (Wildman–Crippen MR) is 156 cm³/mol. The first kappa shape index (κ1) is 33.2. The maximum absolute atomic E-state index is 14.2. The monoisotopic (exact) mass is 660 g/mol. The van der Waals surface area contributed by atoms with E-state index in [4.69, 9.17) is 0 Å². The van der Waals surface area contributed by atoms with Crippen molar-refractivity contribution in [1.29, 1.82) is 0 Å². The van der Waals surface area contributed by atoms with Gasteiger partial charge in [-0.15, -0.1) is 5.06 Å². The van der Waals surface area contributed by atoms with Crippen molar-refractivity contribution in [1.82, 2.24) is 30.2 Å². The van der Waals surface area contributed by atoms with E-state index >= 15 is 0 Å². The van der Waals surface area contributed by atoms with Gasteiger partial charge in [-0.3, -0.25) is 9.69 Å². The number of hydrogen-bond acceptors (Lipinski definition) is 10. The first-order valence-corrected chi connectivity index (χ1v) is 14.0. The lowest BCUT2D eigenvalue weighted by Gasteiger charge is -2.28. The number of anilines is 3. The van der Waals surface area contributed by atoms with Crippen LogP contribution in [0.15, 0.2) is 67.4 Å². The van der Waals surface area contributed by atoms with Crippen molar-refractivity contribution in [2.75, 3.05) is 36.6 Å². The van der Waals surface area contributed by atoms with Crippen LogP contribution in [0.1, 0.15) is 27.0 Å². The lowest BCUT2D eigenvalue weighted by molar-refractivity contribution is -0.199. The molecule has 1 aliphatic heterocycles. The molecule has 5 rings (SSSR count). The minimum atomic E-state index is -5.52. The Morgan fingerprint density at radius 1 is 1.00 bits per heavy atom. The van der Waals surface area contributed by atoms with Crippen LogP contribution in [0.25, 0.3) is 11.3 Å². The second-order valence-corrected chi connectivity index (χ2v) is 10.4. The largest absolute Gasteiger partial charge is 0.493 e. The fourth-order valence-electron chi connectivity index (χ4n) is 4.69. The van der Waals surface area contributed by atoms with E-state index in [9.17, 15) is 35.9 Å². The number of nitrogens with one attached hydrogen (secondary N) is 2. The van der Waals surface area contributed by atoms with Gasteiger partial charge in [0.05, 0.1) is 16.9 Å². The lowest BCUT2D eigenvalue weighted by Crippen LogP contribution is -2.43. The van der Waals surface area contributed by atoms with Crippen molar-refractivity contribution in [2.45, 2.75) is 25.8 Å². The Morgan fingerprint density at radius 3 is 2.40 bits per heavy atom. The normalized spacial score (nSPS) is 14.0. The first-order valence-electron chi connectivity index (χ1n) is 14.0. The number of carbonyl (C=O) groups excluding carboxylic acids is 2. The Morgan fingerprint density at radius 2 is 1.72 bits per heavy atom.